The van der Waals surface area contributed by atoms with Gasteiger partial charge in [-0.2, -0.15) is 0 Å². The largest absolute Gasteiger partial charge is 0.505 e. The summed E-state index contributed by atoms with van der Waals surface area (Å²) in [4.78, 5) is 47.6. The number of carboxylic acids is 1. The highest BCUT2D eigenvalue weighted by molar-refractivity contribution is 8.00. The van der Waals surface area contributed by atoms with Gasteiger partial charge in [0.05, 0.1) is 41.3 Å². The van der Waals surface area contributed by atoms with Crippen molar-refractivity contribution >= 4 is 47.0 Å². The van der Waals surface area contributed by atoms with Gasteiger partial charge in [-0.3, -0.25) is 9.59 Å². The molecule has 0 saturated carbocycles. The number of hydrogen-bond acceptors (Lipinski definition) is 12. The van der Waals surface area contributed by atoms with Gasteiger partial charge in [0.1, 0.15) is 18.5 Å². The first-order chi connectivity index (χ1) is 23.1. The van der Waals surface area contributed by atoms with E-state index < -0.39 is 54.9 Å². The molecule has 1 heterocycles. The van der Waals surface area contributed by atoms with E-state index >= 15 is 0 Å². The predicted molar refractivity (Wildman–Crippen MR) is 183 cm³/mol. The maximum Gasteiger partial charge on any atom is 0.405 e. The van der Waals surface area contributed by atoms with Crippen LogP contribution in [0.15, 0.2) is 40.3 Å². The highest BCUT2D eigenvalue weighted by Gasteiger charge is 2.33. The Bertz CT molecular complexity index is 1460. The Morgan fingerprint density at radius 1 is 1.14 bits per heavy atom. The van der Waals surface area contributed by atoms with Gasteiger partial charge in [-0.05, 0) is 38.2 Å². The van der Waals surface area contributed by atoms with Crippen LogP contribution in [-0.4, -0.2) is 102 Å². The lowest BCUT2D eigenvalue weighted by atomic mass is 9.87. The minimum absolute atomic E-state index is 0.0459. The smallest absolute Gasteiger partial charge is 0.405 e. The lowest BCUT2D eigenvalue weighted by Crippen LogP contribution is -2.37. The molecule has 0 radical (unpaired) electrons. The Morgan fingerprint density at radius 2 is 1.82 bits per heavy atom. The van der Waals surface area contributed by atoms with Crippen molar-refractivity contribution in [1.82, 2.24) is 0 Å². The molecule has 0 aliphatic carbocycles. The third-order valence-electron chi connectivity index (χ3n) is 7.88. The van der Waals surface area contributed by atoms with Gasteiger partial charge in [0, 0.05) is 31.3 Å². The summed E-state index contributed by atoms with van der Waals surface area (Å²) in [5, 5.41) is 46.3. The maximum atomic E-state index is 12.3. The van der Waals surface area contributed by atoms with E-state index in [1.54, 1.807) is 19.9 Å². The molecule has 0 saturated heterocycles. The number of allylic oxidation sites excluding steroid dienone is 2. The Labute approximate surface area is 289 Å². The molecule has 15 nitrogen and oxygen atoms in total. The number of thioether (sulfide) groups is 1. The number of phenols is 1. The highest BCUT2D eigenvalue weighted by atomic mass is 32.2. The fraction of sp³-hybridized carbons (Fsp3) is 0.515. The number of nitrogens with one attached hydrogen (secondary N) is 2. The number of ether oxygens (including phenoxy) is 4. The normalized spacial score (nSPS) is 17.3. The molecule has 16 heteroatoms. The molecule has 272 valence electrons. The van der Waals surface area contributed by atoms with Crippen LogP contribution in [0.25, 0.3) is 0 Å². The second-order valence-electron chi connectivity index (χ2n) is 11.7. The first kappa shape index (κ1) is 41.1. The summed E-state index contributed by atoms with van der Waals surface area (Å²) in [5.41, 5.74) is 6.56. The van der Waals surface area contributed by atoms with Crippen LogP contribution in [0, 0.1) is 11.8 Å². The number of nitrogens with two attached hydrogens (primary N) is 1. The van der Waals surface area contributed by atoms with Gasteiger partial charge >= 0.3 is 12.1 Å². The van der Waals surface area contributed by atoms with E-state index in [1.165, 1.54) is 46.5 Å². The second kappa shape index (κ2) is 19.2. The SMILES string of the molecule is COc1c(CC(C)CC(OC)C(O)C(C)C=C(C)C(OC(N)=O)C(C=CC=C(C)C(=O)O)OC)c(O)c(NC(=O)CO)c2c1NC(=O)CS2. The van der Waals surface area contributed by atoms with Crippen molar-refractivity contribution in [3.63, 3.8) is 0 Å². The molecule has 1 aliphatic rings. The minimum atomic E-state index is -1.09. The molecule has 0 fully saturated rings. The van der Waals surface area contributed by atoms with Crippen LogP contribution >= 0.6 is 11.8 Å². The quantitative estimate of drug-likeness (QED) is 0.0382. The number of aliphatic carboxylic acids is 1. The van der Waals surface area contributed by atoms with Crippen molar-refractivity contribution in [2.24, 2.45) is 17.6 Å². The number of aliphatic hydroxyl groups excluding tert-OH is 2. The number of methoxy groups -OCH3 is 3. The van der Waals surface area contributed by atoms with E-state index in [0.717, 1.165) is 11.8 Å². The van der Waals surface area contributed by atoms with E-state index in [2.05, 4.69) is 10.6 Å². The Balaban J connectivity index is 2.35. The van der Waals surface area contributed by atoms with Gasteiger partial charge in [-0.1, -0.05) is 38.2 Å². The molecule has 3 amide bonds. The number of aromatic hydroxyl groups is 1. The Kier molecular flexibility index (Phi) is 16.1. The van der Waals surface area contributed by atoms with Gasteiger partial charge in [0.15, 0.2) is 11.9 Å². The molecule has 49 heavy (non-hydrogen) atoms. The molecule has 6 unspecified atom stereocenters. The molecular formula is C33H47N3O12S. The number of amides is 3. The van der Waals surface area contributed by atoms with Gasteiger partial charge in [-0.15, -0.1) is 11.8 Å². The molecular weight excluding hydrogens is 662 g/mol. The summed E-state index contributed by atoms with van der Waals surface area (Å²) < 4.78 is 22.1. The van der Waals surface area contributed by atoms with Crippen LogP contribution < -0.4 is 21.1 Å². The van der Waals surface area contributed by atoms with Gasteiger partial charge in [-0.25, -0.2) is 9.59 Å². The number of carbonyl (C=O) groups is 4. The number of rotatable bonds is 18. The monoisotopic (exact) mass is 709 g/mol. The fourth-order valence-corrected chi connectivity index (χ4v) is 6.33. The second-order valence-corrected chi connectivity index (χ2v) is 12.6. The first-order valence-corrected chi connectivity index (χ1v) is 16.3. The first-order valence-electron chi connectivity index (χ1n) is 15.3. The number of phenolic OH excluding ortho intramolecular Hbond substituents is 1. The zero-order valence-electron chi connectivity index (χ0n) is 28.6. The van der Waals surface area contributed by atoms with Crippen LogP contribution in [0.4, 0.5) is 16.2 Å². The number of carbonyl (C=O) groups excluding carboxylic acids is 3. The van der Waals surface area contributed by atoms with Crippen molar-refractivity contribution in [1.29, 1.82) is 0 Å². The van der Waals surface area contributed by atoms with Crippen LogP contribution in [-0.2, 0) is 35.0 Å². The Morgan fingerprint density at radius 3 is 2.37 bits per heavy atom. The topological polar surface area (TPSA) is 236 Å². The van der Waals surface area contributed by atoms with Gasteiger partial charge in [0.2, 0.25) is 11.8 Å². The molecule has 1 aliphatic heterocycles. The summed E-state index contributed by atoms with van der Waals surface area (Å²) in [6.45, 7) is 5.90. The highest BCUT2D eigenvalue weighted by Crippen LogP contribution is 2.52. The number of benzene rings is 1. The summed E-state index contributed by atoms with van der Waals surface area (Å²) in [6, 6.07) is 0. The average Bonchev–Trinajstić information content (AvgIpc) is 3.05. The maximum absolute atomic E-state index is 12.3. The van der Waals surface area contributed by atoms with E-state index in [1.807, 2.05) is 6.92 Å². The zero-order chi connectivity index (χ0) is 37.0. The van der Waals surface area contributed by atoms with Gasteiger partial charge in [0.25, 0.3) is 0 Å². The average molecular weight is 710 g/mol. The Hall–Kier alpha value is -4.09. The molecule has 1 aromatic rings. The third kappa shape index (κ3) is 11.2. The van der Waals surface area contributed by atoms with Crippen LogP contribution in [0.1, 0.15) is 39.7 Å². The van der Waals surface area contributed by atoms with E-state index in [0.29, 0.717) is 28.1 Å². The fourth-order valence-electron chi connectivity index (χ4n) is 5.40. The van der Waals surface area contributed by atoms with Crippen molar-refractivity contribution in [2.45, 2.75) is 69.8 Å². The summed E-state index contributed by atoms with van der Waals surface area (Å²) in [5.74, 6) is -2.92. The molecule has 0 spiro atoms. The number of anilines is 2. The molecule has 0 aromatic heterocycles. The van der Waals surface area contributed by atoms with Crippen molar-refractivity contribution < 1.29 is 58.6 Å². The van der Waals surface area contributed by atoms with Crippen LogP contribution in [0.2, 0.25) is 0 Å². The standard InChI is InChI=1S/C33H47N3O12S/c1-16(11-20-28(41)25(35-23(38)14-37)31-26(30(20)47-7)36-24(39)15-49-31)12-22(46-6)27(40)18(3)13-19(4)29(48-33(34)44)21(45-5)10-8-9-17(2)32(42)43/h8-10,13,16,18,21-22,27,29,37,40-41H,11-12,14-15H2,1-7H3,(H2,34,44)(H,35,38)(H,36,39)(H,42,43). The number of hydrogen-bond donors (Lipinski definition) is 7. The molecule has 1 aromatic carbocycles. The van der Waals surface area contributed by atoms with Crippen molar-refractivity contribution in [3.8, 4) is 11.5 Å². The van der Waals surface area contributed by atoms with E-state index in [9.17, 15) is 34.5 Å². The number of primary amides is 1. The third-order valence-corrected chi connectivity index (χ3v) is 8.99. The van der Waals surface area contributed by atoms with Crippen LogP contribution in [0.5, 0.6) is 11.5 Å². The molecule has 8 N–H and O–H groups in total. The van der Waals surface area contributed by atoms with E-state index in [4.69, 9.17) is 29.8 Å². The number of carboxylic acid groups (broad SMARTS) is 1. The van der Waals surface area contributed by atoms with Crippen molar-refractivity contribution in [2.75, 3.05) is 44.3 Å². The molecule has 0 bridgehead atoms. The van der Waals surface area contributed by atoms with Crippen LogP contribution in [0.3, 0.4) is 0 Å². The molecule has 6 atom stereocenters. The lowest BCUT2D eigenvalue weighted by molar-refractivity contribution is -0.132. The van der Waals surface area contributed by atoms with Gasteiger partial charge < -0.3 is 55.7 Å². The number of aliphatic hydroxyl groups is 2. The molecule has 2 rings (SSSR count). The zero-order valence-corrected chi connectivity index (χ0v) is 29.5. The number of fused-ring (bicyclic) bond motifs is 1. The lowest BCUT2D eigenvalue weighted by Gasteiger charge is -2.30. The summed E-state index contributed by atoms with van der Waals surface area (Å²) in [7, 11) is 4.23. The van der Waals surface area contributed by atoms with E-state index in [-0.39, 0.29) is 46.8 Å². The summed E-state index contributed by atoms with van der Waals surface area (Å²) >= 11 is 1.11. The minimum Gasteiger partial charge on any atom is -0.505 e. The predicted octanol–water partition coefficient (Wildman–Crippen LogP) is 2.97. The summed E-state index contributed by atoms with van der Waals surface area (Å²) in [6.07, 6.45) is 1.89. The van der Waals surface area contributed by atoms with Crippen molar-refractivity contribution in [3.05, 3.63) is 41.0 Å².